The van der Waals surface area contributed by atoms with Gasteiger partial charge in [-0.2, -0.15) is 20.4 Å². The molecule has 2 saturated heterocycles. The van der Waals surface area contributed by atoms with Gasteiger partial charge in [0.15, 0.2) is 22.9 Å². The topological polar surface area (TPSA) is 188 Å². The van der Waals surface area contributed by atoms with Gasteiger partial charge in [0.2, 0.25) is 5.91 Å². The van der Waals surface area contributed by atoms with Gasteiger partial charge in [-0.15, -0.1) is 0 Å². The molecular formula is C40H48N14O5. The first-order chi connectivity index (χ1) is 28.6. The highest BCUT2D eigenvalue weighted by Gasteiger charge is 2.32. The van der Waals surface area contributed by atoms with E-state index in [1.54, 1.807) is 20.3 Å². The molecule has 10 heterocycles. The number of nitrogens with zero attached hydrogens (tertiary/aromatic N) is 12. The molecule has 2 fully saturated rings. The fourth-order valence-electron chi connectivity index (χ4n) is 8.00. The quantitative estimate of drug-likeness (QED) is 0.213. The van der Waals surface area contributed by atoms with Gasteiger partial charge in [0.05, 0.1) is 62.3 Å². The van der Waals surface area contributed by atoms with Crippen molar-refractivity contribution in [3.63, 3.8) is 0 Å². The molecule has 0 bridgehead atoms. The van der Waals surface area contributed by atoms with Crippen LogP contribution in [-0.4, -0.2) is 116 Å². The van der Waals surface area contributed by atoms with E-state index in [0.717, 1.165) is 89.3 Å². The average Bonchev–Trinajstić information content (AvgIpc) is 4.08. The van der Waals surface area contributed by atoms with Crippen molar-refractivity contribution >= 4 is 46.3 Å². The Bertz CT molecular complexity index is 2470. The second-order valence-electron chi connectivity index (χ2n) is 16.2. The molecule has 0 aromatic carbocycles. The zero-order chi connectivity index (χ0) is 40.7. The fourth-order valence-corrected chi connectivity index (χ4v) is 8.00. The van der Waals surface area contributed by atoms with Crippen LogP contribution in [0.2, 0.25) is 0 Å². The number of hydrogen-bond donors (Lipinski definition) is 2. The summed E-state index contributed by atoms with van der Waals surface area (Å²) in [6, 6.07) is 8.17. The van der Waals surface area contributed by atoms with Crippen LogP contribution in [0.1, 0.15) is 68.0 Å². The second-order valence-corrected chi connectivity index (χ2v) is 16.2. The predicted molar refractivity (Wildman–Crippen MR) is 216 cm³/mol. The molecule has 6 aromatic heterocycles. The number of ether oxygens (including phenoxy) is 3. The largest absolute Gasteiger partial charge is 0.444 e. The average molecular weight is 805 g/mol. The van der Waals surface area contributed by atoms with Crippen LogP contribution in [0.3, 0.4) is 0 Å². The Kier molecular flexibility index (Phi) is 10.2. The lowest BCUT2D eigenvalue weighted by atomic mass is 10.00. The van der Waals surface area contributed by atoms with Crippen molar-refractivity contribution in [1.82, 2.24) is 58.6 Å². The number of anilines is 4. The first-order valence-corrected chi connectivity index (χ1v) is 20.0. The summed E-state index contributed by atoms with van der Waals surface area (Å²) in [5.41, 5.74) is 6.97. The third kappa shape index (κ3) is 8.20. The molecule has 59 heavy (non-hydrogen) atoms. The first kappa shape index (κ1) is 38.2. The number of likely N-dealkylation sites (tertiary alicyclic amines) is 2. The maximum absolute atomic E-state index is 12.5. The SMILES string of the molecule is C=CC(=O)N1CC[C@H](c2cc(Nc3cc4n(n3)CCOC4)c3ncnn3c2)C1.CC(C)(C)OC(=O)N1CC[C@H](c2cc(Nc3cc4n(n3)CCOC4)c3ncnn3c2)C1. The van der Waals surface area contributed by atoms with Crippen molar-refractivity contribution in [2.45, 2.75) is 77.4 Å². The van der Waals surface area contributed by atoms with E-state index in [0.29, 0.717) is 46.1 Å². The van der Waals surface area contributed by atoms with Gasteiger partial charge < -0.3 is 34.6 Å². The number of fused-ring (bicyclic) bond motifs is 4. The third-order valence-electron chi connectivity index (χ3n) is 10.9. The van der Waals surface area contributed by atoms with Gasteiger partial charge in [0.1, 0.15) is 18.3 Å². The van der Waals surface area contributed by atoms with Gasteiger partial charge in [-0.05, 0) is 62.9 Å². The summed E-state index contributed by atoms with van der Waals surface area (Å²) in [6.45, 7) is 15.9. The molecule has 308 valence electrons. The van der Waals surface area contributed by atoms with Crippen LogP contribution >= 0.6 is 0 Å². The lowest BCUT2D eigenvalue weighted by Gasteiger charge is -2.24. The number of hydrogen-bond acceptors (Lipinski definition) is 13. The van der Waals surface area contributed by atoms with E-state index in [4.69, 9.17) is 14.2 Å². The number of nitrogens with one attached hydrogen (secondary N) is 2. The van der Waals surface area contributed by atoms with E-state index in [2.05, 4.69) is 59.7 Å². The lowest BCUT2D eigenvalue weighted by Crippen LogP contribution is -2.35. The summed E-state index contributed by atoms with van der Waals surface area (Å²) in [7, 11) is 0. The standard InChI is InChI=1S/C21H27N7O3.C19H21N7O2/c1-21(2,3)31-20(29)26-5-4-14(10-26)15-8-17(19-22-13-23-28(19)11-15)24-18-9-16-12-30-7-6-27(16)25-18;1-2-18(27)24-4-3-13(9-24)14-7-16(19-20-12-21-26(19)10-14)22-17-8-15-11-28-6-5-25(15)23-17/h8-9,11,13-14H,4-7,10,12H2,1-3H3,(H,24,25);2,7-8,10,12-13H,1,3-6,9,11H2,(H,22,23)/t14-;13-/m00/s1. The molecule has 0 radical (unpaired) electrons. The number of aromatic nitrogens is 10. The molecule has 0 saturated carbocycles. The maximum Gasteiger partial charge on any atom is 0.410 e. The molecule has 2 N–H and O–H groups in total. The molecule has 0 aliphatic carbocycles. The van der Waals surface area contributed by atoms with E-state index >= 15 is 0 Å². The van der Waals surface area contributed by atoms with Crippen LogP contribution < -0.4 is 10.6 Å². The Balaban J connectivity index is 0.000000153. The van der Waals surface area contributed by atoms with Crippen LogP contribution in [0.15, 0.2) is 62.0 Å². The van der Waals surface area contributed by atoms with E-state index in [1.807, 2.05) is 59.6 Å². The minimum Gasteiger partial charge on any atom is -0.444 e. The molecular weight excluding hydrogens is 757 g/mol. The zero-order valence-corrected chi connectivity index (χ0v) is 33.5. The highest BCUT2D eigenvalue weighted by atomic mass is 16.6. The highest BCUT2D eigenvalue weighted by Crippen LogP contribution is 2.33. The van der Waals surface area contributed by atoms with Crippen LogP contribution in [0.25, 0.3) is 11.3 Å². The Morgan fingerprint density at radius 1 is 0.763 bits per heavy atom. The van der Waals surface area contributed by atoms with Gasteiger partial charge in [-0.1, -0.05) is 6.58 Å². The summed E-state index contributed by atoms with van der Waals surface area (Å²) in [5, 5.41) is 24.7. The predicted octanol–water partition coefficient (Wildman–Crippen LogP) is 4.63. The van der Waals surface area contributed by atoms with Crippen molar-refractivity contribution in [1.29, 1.82) is 0 Å². The smallest absolute Gasteiger partial charge is 0.410 e. The molecule has 2 amide bonds. The molecule has 6 aromatic rings. The summed E-state index contributed by atoms with van der Waals surface area (Å²) >= 11 is 0. The number of carbonyl (C=O) groups is 2. The molecule has 0 unspecified atom stereocenters. The van der Waals surface area contributed by atoms with Crippen molar-refractivity contribution in [3.8, 4) is 0 Å². The van der Waals surface area contributed by atoms with Gasteiger partial charge in [0, 0.05) is 62.5 Å². The van der Waals surface area contributed by atoms with Crippen molar-refractivity contribution in [2.24, 2.45) is 0 Å². The number of rotatable bonds is 7. The second kappa shape index (κ2) is 15.8. The minimum atomic E-state index is -0.499. The zero-order valence-electron chi connectivity index (χ0n) is 33.5. The molecule has 0 spiro atoms. The molecule has 4 aliphatic heterocycles. The minimum absolute atomic E-state index is 0.0199. The van der Waals surface area contributed by atoms with E-state index in [1.165, 1.54) is 12.4 Å². The normalized spacial score (nSPS) is 19.0. The van der Waals surface area contributed by atoms with Crippen LogP contribution in [-0.2, 0) is 45.3 Å². The molecule has 10 rings (SSSR count). The van der Waals surface area contributed by atoms with Gasteiger partial charge in [-0.3, -0.25) is 14.2 Å². The van der Waals surface area contributed by atoms with Crippen molar-refractivity contribution < 1.29 is 23.8 Å². The van der Waals surface area contributed by atoms with Gasteiger partial charge in [0.25, 0.3) is 0 Å². The summed E-state index contributed by atoms with van der Waals surface area (Å²) < 4.78 is 24.0. The summed E-state index contributed by atoms with van der Waals surface area (Å²) in [5.74, 6) is 1.95. The van der Waals surface area contributed by atoms with Crippen LogP contribution in [0, 0.1) is 0 Å². The third-order valence-corrected chi connectivity index (χ3v) is 10.9. The van der Waals surface area contributed by atoms with Gasteiger partial charge >= 0.3 is 6.09 Å². The summed E-state index contributed by atoms with van der Waals surface area (Å²) in [4.78, 5) is 36.7. The maximum atomic E-state index is 12.5. The number of carbonyl (C=O) groups excluding carboxylic acids is 2. The van der Waals surface area contributed by atoms with Crippen molar-refractivity contribution in [2.75, 3.05) is 50.0 Å². The Morgan fingerprint density at radius 2 is 1.27 bits per heavy atom. The van der Waals surface area contributed by atoms with E-state index < -0.39 is 5.60 Å². The number of pyridine rings is 2. The number of amides is 2. The highest BCUT2D eigenvalue weighted by molar-refractivity contribution is 5.87. The first-order valence-electron chi connectivity index (χ1n) is 20.0. The molecule has 2 atom stereocenters. The Labute approximate surface area is 339 Å². The van der Waals surface area contributed by atoms with Crippen LogP contribution in [0.4, 0.5) is 27.8 Å². The fraction of sp³-hybridized carbons (Fsp3) is 0.450. The lowest BCUT2D eigenvalue weighted by molar-refractivity contribution is -0.125. The van der Waals surface area contributed by atoms with E-state index in [9.17, 15) is 9.59 Å². The Morgan fingerprint density at radius 3 is 1.76 bits per heavy atom. The van der Waals surface area contributed by atoms with Crippen LogP contribution in [0.5, 0.6) is 0 Å². The van der Waals surface area contributed by atoms with E-state index in [-0.39, 0.29) is 23.8 Å². The van der Waals surface area contributed by atoms with Gasteiger partial charge in [-0.25, -0.2) is 23.8 Å². The molecule has 4 aliphatic rings. The Hall–Kier alpha value is -6.34. The molecule has 19 heteroatoms. The van der Waals surface area contributed by atoms with Crippen molar-refractivity contribution in [3.05, 3.63) is 84.5 Å². The summed E-state index contributed by atoms with van der Waals surface area (Å²) in [6.07, 6.45) is 9.96. The molecule has 19 nitrogen and oxygen atoms in total. The monoisotopic (exact) mass is 804 g/mol.